The van der Waals surface area contributed by atoms with Crippen LogP contribution in [0.3, 0.4) is 0 Å². The van der Waals surface area contributed by atoms with Crippen LogP contribution >= 0.6 is 0 Å². The van der Waals surface area contributed by atoms with Crippen LogP contribution in [0.1, 0.15) is 11.1 Å². The van der Waals surface area contributed by atoms with E-state index in [9.17, 15) is 0 Å². The lowest BCUT2D eigenvalue weighted by Gasteiger charge is -2.18. The summed E-state index contributed by atoms with van der Waals surface area (Å²) < 4.78 is 33.9. The molecule has 0 spiro atoms. The fourth-order valence-corrected chi connectivity index (χ4v) is 3.67. The molecule has 0 bridgehead atoms. The molecule has 4 atom stereocenters. The van der Waals surface area contributed by atoms with Crippen molar-refractivity contribution in [2.75, 3.05) is 39.6 Å². The molecule has 148 valence electrons. The Morgan fingerprint density at radius 2 is 1.29 bits per heavy atom. The molecule has 4 saturated heterocycles. The highest BCUT2D eigenvalue weighted by atomic mass is 16.6. The maximum Gasteiger partial charge on any atom is 0.130 e. The van der Waals surface area contributed by atoms with E-state index in [1.807, 2.05) is 0 Å². The van der Waals surface area contributed by atoms with Gasteiger partial charge < -0.3 is 28.4 Å². The molecule has 28 heavy (non-hydrogen) atoms. The first-order valence-electron chi connectivity index (χ1n) is 10.1. The molecular weight excluding hydrogens is 360 g/mol. The van der Waals surface area contributed by atoms with Gasteiger partial charge >= 0.3 is 0 Å². The molecule has 4 fully saturated rings. The molecular formula is C22H24O6. The quantitative estimate of drug-likeness (QED) is 0.586. The van der Waals surface area contributed by atoms with E-state index in [-0.39, 0.29) is 18.3 Å². The average molecular weight is 384 g/mol. The van der Waals surface area contributed by atoms with Crippen molar-refractivity contribution in [3.8, 4) is 11.5 Å². The summed E-state index contributed by atoms with van der Waals surface area (Å²) in [7, 11) is 0. The molecule has 2 aromatic rings. The Hall–Kier alpha value is -1.86. The van der Waals surface area contributed by atoms with Gasteiger partial charge in [-0.15, -0.1) is 0 Å². The third-order valence-corrected chi connectivity index (χ3v) is 5.63. The molecule has 0 aliphatic carbocycles. The number of hydrogen-bond donors (Lipinski definition) is 0. The zero-order valence-electron chi connectivity index (χ0n) is 15.7. The van der Waals surface area contributed by atoms with Gasteiger partial charge in [0, 0.05) is 23.8 Å². The lowest BCUT2D eigenvalue weighted by molar-refractivity contribution is 0.260. The summed E-state index contributed by atoms with van der Waals surface area (Å²) in [5, 5.41) is 2.31. The molecule has 6 rings (SSSR count). The smallest absolute Gasteiger partial charge is 0.130 e. The van der Waals surface area contributed by atoms with Crippen LogP contribution in [0.4, 0.5) is 0 Å². The zero-order valence-corrected chi connectivity index (χ0v) is 15.7. The van der Waals surface area contributed by atoms with Crippen LogP contribution in [-0.2, 0) is 31.8 Å². The number of benzene rings is 2. The summed E-state index contributed by atoms with van der Waals surface area (Å²) in [6, 6.07) is 8.57. The van der Waals surface area contributed by atoms with Crippen LogP contribution in [0.15, 0.2) is 24.3 Å². The van der Waals surface area contributed by atoms with Crippen molar-refractivity contribution in [1.29, 1.82) is 0 Å². The normalized spacial score (nSPS) is 29.6. The molecule has 4 unspecified atom stereocenters. The van der Waals surface area contributed by atoms with E-state index in [2.05, 4.69) is 24.3 Å². The third kappa shape index (κ3) is 3.82. The highest BCUT2D eigenvalue weighted by molar-refractivity contribution is 5.94. The number of rotatable bonds is 10. The van der Waals surface area contributed by atoms with Gasteiger partial charge in [-0.05, 0) is 23.1 Å². The molecule has 4 heterocycles. The van der Waals surface area contributed by atoms with Crippen LogP contribution in [0.25, 0.3) is 10.8 Å². The first-order chi connectivity index (χ1) is 13.8. The van der Waals surface area contributed by atoms with Crippen molar-refractivity contribution in [3.05, 3.63) is 35.4 Å². The second-order valence-corrected chi connectivity index (χ2v) is 8.04. The molecule has 6 heteroatoms. The molecule has 0 saturated carbocycles. The fraction of sp³-hybridized carbons (Fsp3) is 0.545. The second-order valence-electron chi connectivity index (χ2n) is 8.04. The van der Waals surface area contributed by atoms with E-state index >= 15 is 0 Å². The summed E-state index contributed by atoms with van der Waals surface area (Å²) in [5.41, 5.74) is 2.40. The van der Waals surface area contributed by atoms with Crippen LogP contribution in [0.2, 0.25) is 0 Å². The summed E-state index contributed by atoms with van der Waals surface area (Å²) >= 11 is 0. The van der Waals surface area contributed by atoms with Gasteiger partial charge in [-0.25, -0.2) is 0 Å². The lowest BCUT2D eigenvalue weighted by Crippen LogP contribution is -2.09. The molecule has 0 radical (unpaired) electrons. The van der Waals surface area contributed by atoms with Crippen LogP contribution in [0.5, 0.6) is 11.5 Å². The van der Waals surface area contributed by atoms with Gasteiger partial charge in [0.1, 0.15) is 36.9 Å². The van der Waals surface area contributed by atoms with E-state index < -0.39 is 0 Å². The van der Waals surface area contributed by atoms with Gasteiger partial charge in [0.15, 0.2) is 0 Å². The molecule has 2 aromatic carbocycles. The Labute approximate surface area is 163 Å². The SMILES string of the molecule is c1cc2c(CC3CO3)c(OCC3CO3)ccc2c(OCC2CO2)c1CC1CO1. The monoisotopic (exact) mass is 384 g/mol. The maximum absolute atomic E-state index is 6.25. The Morgan fingerprint density at radius 3 is 1.96 bits per heavy atom. The first kappa shape index (κ1) is 17.0. The van der Waals surface area contributed by atoms with Crippen molar-refractivity contribution in [2.45, 2.75) is 37.3 Å². The third-order valence-electron chi connectivity index (χ3n) is 5.63. The number of epoxide rings is 4. The van der Waals surface area contributed by atoms with Gasteiger partial charge in [0.05, 0.1) is 38.6 Å². The van der Waals surface area contributed by atoms with Gasteiger partial charge in [-0.3, -0.25) is 0 Å². The number of ether oxygens (including phenoxy) is 6. The van der Waals surface area contributed by atoms with Crippen molar-refractivity contribution >= 4 is 10.8 Å². The van der Waals surface area contributed by atoms with Crippen LogP contribution in [-0.4, -0.2) is 64.1 Å². The molecule has 6 nitrogen and oxygen atoms in total. The van der Waals surface area contributed by atoms with E-state index in [1.54, 1.807) is 0 Å². The van der Waals surface area contributed by atoms with E-state index in [1.165, 1.54) is 16.5 Å². The van der Waals surface area contributed by atoms with Gasteiger partial charge in [-0.1, -0.05) is 12.1 Å². The maximum atomic E-state index is 6.25. The Morgan fingerprint density at radius 1 is 0.679 bits per heavy atom. The highest BCUT2D eigenvalue weighted by Gasteiger charge is 2.30. The largest absolute Gasteiger partial charge is 0.490 e. The minimum atomic E-state index is 0.223. The first-order valence-corrected chi connectivity index (χ1v) is 10.1. The van der Waals surface area contributed by atoms with Crippen molar-refractivity contribution in [1.82, 2.24) is 0 Å². The zero-order chi connectivity index (χ0) is 18.5. The predicted octanol–water partition coefficient (Wildman–Crippen LogP) is 2.28. The number of hydrogen-bond acceptors (Lipinski definition) is 6. The van der Waals surface area contributed by atoms with E-state index in [0.29, 0.717) is 19.3 Å². The predicted molar refractivity (Wildman–Crippen MR) is 101 cm³/mol. The summed E-state index contributed by atoms with van der Waals surface area (Å²) in [6.07, 6.45) is 2.80. The van der Waals surface area contributed by atoms with Crippen LogP contribution in [0, 0.1) is 0 Å². The minimum absolute atomic E-state index is 0.223. The van der Waals surface area contributed by atoms with Crippen LogP contribution < -0.4 is 9.47 Å². The van der Waals surface area contributed by atoms with Gasteiger partial charge in [0.25, 0.3) is 0 Å². The summed E-state index contributed by atoms with van der Waals surface area (Å²) in [5.74, 6) is 1.88. The molecule has 0 aromatic heterocycles. The Kier molecular flexibility index (Phi) is 4.19. The standard InChI is InChI=1S/C22H24O6/c1-2-18-19(22(28-12-17-10-26-17)13(1)5-14-7-23-14)3-4-21(27-11-16-9-25-16)20(18)6-15-8-24-15/h1-4,14-17H,5-12H2. The van der Waals surface area contributed by atoms with Crippen molar-refractivity contribution in [2.24, 2.45) is 0 Å². The Bertz CT molecular complexity index is 880. The van der Waals surface area contributed by atoms with Crippen molar-refractivity contribution in [3.63, 3.8) is 0 Å². The summed E-state index contributed by atoms with van der Waals surface area (Å²) in [6.45, 7) is 4.43. The van der Waals surface area contributed by atoms with E-state index in [0.717, 1.165) is 56.2 Å². The molecule has 0 N–H and O–H groups in total. The van der Waals surface area contributed by atoms with Crippen molar-refractivity contribution < 1.29 is 28.4 Å². The topological polar surface area (TPSA) is 68.6 Å². The lowest BCUT2D eigenvalue weighted by atomic mass is 9.95. The fourth-order valence-electron chi connectivity index (χ4n) is 3.67. The van der Waals surface area contributed by atoms with E-state index in [4.69, 9.17) is 28.4 Å². The minimum Gasteiger partial charge on any atom is -0.490 e. The highest BCUT2D eigenvalue weighted by Crippen LogP contribution is 2.39. The average Bonchev–Trinajstić information content (AvgIpc) is 3.55. The number of fused-ring (bicyclic) bond motifs is 1. The molecule has 4 aliphatic heterocycles. The second kappa shape index (κ2) is 6.88. The van der Waals surface area contributed by atoms with Gasteiger partial charge in [0.2, 0.25) is 0 Å². The van der Waals surface area contributed by atoms with Gasteiger partial charge in [-0.2, -0.15) is 0 Å². The molecule has 0 amide bonds. The molecule has 4 aliphatic rings. The summed E-state index contributed by atoms with van der Waals surface area (Å²) in [4.78, 5) is 0. The Balaban J connectivity index is 1.38.